The van der Waals surface area contributed by atoms with E-state index >= 15 is 0 Å². The quantitative estimate of drug-likeness (QED) is 0.719. The number of nitrogens with one attached hydrogen (secondary N) is 2. The molecule has 2 N–H and O–H groups in total. The maximum absolute atomic E-state index is 12.4. The van der Waals surface area contributed by atoms with Crippen LogP contribution < -0.4 is 29.8 Å². The third-order valence-corrected chi connectivity index (χ3v) is 3.72. The van der Waals surface area contributed by atoms with Crippen LogP contribution in [0, 0.1) is 6.92 Å². The molecule has 0 radical (unpaired) electrons. The molecule has 0 bridgehead atoms. The molecule has 27 heavy (non-hydrogen) atoms. The summed E-state index contributed by atoms with van der Waals surface area (Å²) in [7, 11) is 4.36. The number of carbonyl (C=O) groups excluding carboxylic acids is 2. The van der Waals surface area contributed by atoms with Gasteiger partial charge in [-0.3, -0.25) is 20.4 Å². The van der Waals surface area contributed by atoms with Crippen molar-refractivity contribution in [3.8, 4) is 23.0 Å². The van der Waals surface area contributed by atoms with Crippen LogP contribution in [0.2, 0.25) is 0 Å². The number of ether oxygens (including phenoxy) is 4. The highest BCUT2D eigenvalue weighted by molar-refractivity contribution is 5.98. The van der Waals surface area contributed by atoms with E-state index in [9.17, 15) is 9.59 Å². The van der Waals surface area contributed by atoms with Crippen LogP contribution in [-0.2, 0) is 4.79 Å². The summed E-state index contributed by atoms with van der Waals surface area (Å²) in [6, 6.07) is 10.3. The van der Waals surface area contributed by atoms with Crippen molar-refractivity contribution in [3.63, 3.8) is 0 Å². The number of hydrazine groups is 1. The molecule has 2 aromatic carbocycles. The van der Waals surface area contributed by atoms with Crippen LogP contribution in [-0.4, -0.2) is 39.8 Å². The van der Waals surface area contributed by atoms with Crippen LogP contribution in [0.3, 0.4) is 0 Å². The number of rotatable bonds is 7. The number of amides is 2. The average Bonchev–Trinajstić information content (AvgIpc) is 2.70. The Kier molecular flexibility index (Phi) is 6.87. The third kappa shape index (κ3) is 5.04. The fraction of sp³-hybridized carbons (Fsp3) is 0.263. The lowest BCUT2D eigenvalue weighted by molar-refractivity contribution is -0.123. The largest absolute Gasteiger partial charge is 0.496 e. The van der Waals surface area contributed by atoms with Crippen molar-refractivity contribution in [3.05, 3.63) is 47.5 Å². The number of hydrogen-bond acceptors (Lipinski definition) is 6. The normalized spacial score (nSPS) is 9.93. The van der Waals surface area contributed by atoms with Crippen molar-refractivity contribution in [1.82, 2.24) is 10.9 Å². The monoisotopic (exact) mass is 374 g/mol. The molecule has 0 saturated heterocycles. The minimum absolute atomic E-state index is 0.176. The second kappa shape index (κ2) is 9.33. The molecule has 0 aliphatic rings. The summed E-state index contributed by atoms with van der Waals surface area (Å²) < 4.78 is 21.0. The standard InChI is InChI=1S/C19H22N2O6/c1-12-7-5-6-8-14(12)27-11-18(22)20-21-19(23)13-9-16(25-3)17(26-4)10-15(13)24-2/h5-10H,11H2,1-4H3,(H,20,22)(H,21,23). The molecule has 8 heteroatoms. The summed E-state index contributed by atoms with van der Waals surface area (Å²) in [5, 5.41) is 0. The molecule has 2 aromatic rings. The van der Waals surface area contributed by atoms with E-state index in [4.69, 9.17) is 18.9 Å². The van der Waals surface area contributed by atoms with E-state index in [-0.39, 0.29) is 17.9 Å². The number of para-hydroxylation sites is 1. The average molecular weight is 374 g/mol. The number of hydrogen-bond donors (Lipinski definition) is 2. The number of benzene rings is 2. The molecule has 144 valence electrons. The van der Waals surface area contributed by atoms with Gasteiger partial charge < -0.3 is 18.9 Å². The van der Waals surface area contributed by atoms with E-state index in [0.717, 1.165) is 5.56 Å². The highest BCUT2D eigenvalue weighted by Gasteiger charge is 2.18. The lowest BCUT2D eigenvalue weighted by Crippen LogP contribution is -2.44. The van der Waals surface area contributed by atoms with Crippen LogP contribution in [0.4, 0.5) is 0 Å². The predicted octanol–water partition coefficient (Wildman–Crippen LogP) is 1.86. The van der Waals surface area contributed by atoms with Gasteiger partial charge in [0, 0.05) is 12.1 Å². The second-order valence-electron chi connectivity index (χ2n) is 5.46. The molecule has 0 unspecified atom stereocenters. The number of carbonyl (C=O) groups is 2. The van der Waals surface area contributed by atoms with Gasteiger partial charge in [-0.1, -0.05) is 18.2 Å². The van der Waals surface area contributed by atoms with Gasteiger partial charge in [0.2, 0.25) is 0 Å². The van der Waals surface area contributed by atoms with Crippen molar-refractivity contribution in [2.45, 2.75) is 6.92 Å². The first kappa shape index (κ1) is 19.9. The summed E-state index contributed by atoms with van der Waals surface area (Å²) in [4.78, 5) is 24.3. The molecule has 0 saturated carbocycles. The summed E-state index contributed by atoms with van der Waals surface area (Å²) in [6.45, 7) is 1.63. The Balaban J connectivity index is 1.98. The van der Waals surface area contributed by atoms with Crippen molar-refractivity contribution < 1.29 is 28.5 Å². The molecule has 2 amide bonds. The van der Waals surface area contributed by atoms with E-state index in [1.807, 2.05) is 25.1 Å². The summed E-state index contributed by atoms with van der Waals surface area (Å²) >= 11 is 0. The fourth-order valence-corrected chi connectivity index (χ4v) is 2.30. The predicted molar refractivity (Wildman–Crippen MR) is 98.4 cm³/mol. The van der Waals surface area contributed by atoms with E-state index in [1.165, 1.54) is 33.5 Å². The number of methoxy groups -OCH3 is 3. The zero-order valence-corrected chi connectivity index (χ0v) is 15.6. The lowest BCUT2D eigenvalue weighted by Gasteiger charge is -2.14. The van der Waals surface area contributed by atoms with Gasteiger partial charge >= 0.3 is 0 Å². The van der Waals surface area contributed by atoms with Crippen molar-refractivity contribution in [2.75, 3.05) is 27.9 Å². The molecule has 2 rings (SSSR count). The molecule has 0 aliphatic heterocycles. The van der Waals surface area contributed by atoms with E-state index in [2.05, 4.69) is 10.9 Å². The SMILES string of the molecule is COc1cc(OC)c(C(=O)NNC(=O)COc2ccccc2C)cc1OC. The van der Waals surface area contributed by atoms with Crippen molar-refractivity contribution >= 4 is 11.8 Å². The molecule has 0 fully saturated rings. The molecular formula is C19H22N2O6. The second-order valence-corrected chi connectivity index (χ2v) is 5.46. The van der Waals surface area contributed by atoms with Gasteiger partial charge in [-0.05, 0) is 18.6 Å². The van der Waals surface area contributed by atoms with E-state index in [0.29, 0.717) is 17.2 Å². The van der Waals surface area contributed by atoms with Gasteiger partial charge in [0.25, 0.3) is 11.8 Å². The van der Waals surface area contributed by atoms with Crippen molar-refractivity contribution in [2.24, 2.45) is 0 Å². The maximum Gasteiger partial charge on any atom is 0.276 e. The summed E-state index contributed by atoms with van der Waals surface area (Å²) in [6.07, 6.45) is 0. The van der Waals surface area contributed by atoms with Gasteiger partial charge in [-0.25, -0.2) is 0 Å². The zero-order chi connectivity index (χ0) is 19.8. The molecule has 0 heterocycles. The first-order valence-electron chi connectivity index (χ1n) is 8.07. The van der Waals surface area contributed by atoms with E-state index in [1.54, 1.807) is 6.07 Å². The Morgan fingerprint density at radius 2 is 1.48 bits per heavy atom. The smallest absolute Gasteiger partial charge is 0.276 e. The highest BCUT2D eigenvalue weighted by Crippen LogP contribution is 2.34. The first-order chi connectivity index (χ1) is 13.0. The minimum atomic E-state index is -0.572. The summed E-state index contributed by atoms with van der Waals surface area (Å²) in [5.74, 6) is 0.568. The highest BCUT2D eigenvalue weighted by atomic mass is 16.5. The fourth-order valence-electron chi connectivity index (χ4n) is 2.30. The van der Waals surface area contributed by atoms with Crippen LogP contribution in [0.1, 0.15) is 15.9 Å². The van der Waals surface area contributed by atoms with E-state index < -0.39 is 11.8 Å². The van der Waals surface area contributed by atoms with Gasteiger partial charge in [0.05, 0.1) is 26.9 Å². The molecule has 0 aromatic heterocycles. The van der Waals surface area contributed by atoms with Gasteiger partial charge in [0.15, 0.2) is 18.1 Å². The minimum Gasteiger partial charge on any atom is -0.496 e. The first-order valence-corrected chi connectivity index (χ1v) is 8.07. The molecule has 0 atom stereocenters. The Labute approximate surface area is 157 Å². The van der Waals surface area contributed by atoms with Crippen LogP contribution >= 0.6 is 0 Å². The Bertz CT molecular complexity index is 822. The molecule has 0 spiro atoms. The van der Waals surface area contributed by atoms with Gasteiger partial charge in [-0.15, -0.1) is 0 Å². The zero-order valence-electron chi connectivity index (χ0n) is 15.6. The van der Waals surface area contributed by atoms with Gasteiger partial charge in [-0.2, -0.15) is 0 Å². The molecule has 8 nitrogen and oxygen atoms in total. The van der Waals surface area contributed by atoms with Crippen LogP contribution in [0.15, 0.2) is 36.4 Å². The lowest BCUT2D eigenvalue weighted by atomic mass is 10.1. The Hall–Kier alpha value is -3.42. The van der Waals surface area contributed by atoms with Crippen LogP contribution in [0.25, 0.3) is 0 Å². The number of aryl methyl sites for hydroxylation is 1. The Morgan fingerprint density at radius 1 is 0.852 bits per heavy atom. The van der Waals surface area contributed by atoms with Gasteiger partial charge in [0.1, 0.15) is 11.5 Å². The summed E-state index contributed by atoms with van der Waals surface area (Å²) in [5.41, 5.74) is 5.70. The molecule has 0 aliphatic carbocycles. The molecular weight excluding hydrogens is 352 g/mol. The van der Waals surface area contributed by atoms with Crippen LogP contribution in [0.5, 0.6) is 23.0 Å². The topological polar surface area (TPSA) is 95.1 Å². The van der Waals surface area contributed by atoms with Crippen molar-refractivity contribution in [1.29, 1.82) is 0 Å². The maximum atomic E-state index is 12.4. The Morgan fingerprint density at radius 3 is 2.11 bits per heavy atom. The third-order valence-electron chi connectivity index (χ3n) is 3.72.